The Hall–Kier alpha value is -2.34. The van der Waals surface area contributed by atoms with Crippen molar-refractivity contribution in [3.05, 3.63) is 64.2 Å². The second-order valence-electron chi connectivity index (χ2n) is 4.19. The fourth-order valence-corrected chi connectivity index (χ4v) is 2.84. The molecule has 0 heterocycles. The van der Waals surface area contributed by atoms with Crippen LogP contribution in [-0.4, -0.2) is 18.0 Å². The third-order valence-corrected chi connectivity index (χ3v) is 4.00. The van der Waals surface area contributed by atoms with Crippen LogP contribution in [0.1, 0.15) is 5.56 Å². The summed E-state index contributed by atoms with van der Waals surface area (Å²) >= 11 is 1.27. The van der Waals surface area contributed by atoms with Crippen molar-refractivity contribution in [2.45, 2.75) is 16.2 Å². The number of esters is 1. The number of nitro groups is 1. The van der Waals surface area contributed by atoms with Crippen LogP contribution < -0.4 is 0 Å². The van der Waals surface area contributed by atoms with E-state index in [0.717, 1.165) is 10.5 Å². The minimum Gasteiger partial charge on any atom is -0.469 e. The molecule has 0 N–H and O–H groups in total. The molecular weight excluding hydrogens is 290 g/mol. The van der Waals surface area contributed by atoms with Gasteiger partial charge in [-0.25, -0.2) is 0 Å². The first kappa shape index (κ1) is 15.1. The highest BCUT2D eigenvalue weighted by molar-refractivity contribution is 7.99. The Morgan fingerprint density at radius 2 is 1.76 bits per heavy atom. The first-order chi connectivity index (χ1) is 10.1. The van der Waals surface area contributed by atoms with Gasteiger partial charge in [0.1, 0.15) is 0 Å². The largest absolute Gasteiger partial charge is 0.469 e. The van der Waals surface area contributed by atoms with Gasteiger partial charge in [0.15, 0.2) is 0 Å². The number of rotatable bonds is 5. The lowest BCUT2D eigenvalue weighted by atomic mass is 10.1. The maximum absolute atomic E-state index is 11.4. The van der Waals surface area contributed by atoms with E-state index in [0.29, 0.717) is 4.90 Å². The maximum Gasteiger partial charge on any atom is 0.310 e. The van der Waals surface area contributed by atoms with Gasteiger partial charge in [0.2, 0.25) is 0 Å². The average molecular weight is 303 g/mol. The Kier molecular flexibility index (Phi) is 4.94. The molecule has 0 fully saturated rings. The molecule has 6 heteroatoms. The maximum atomic E-state index is 11.4. The van der Waals surface area contributed by atoms with E-state index in [1.54, 1.807) is 18.2 Å². The van der Waals surface area contributed by atoms with Gasteiger partial charge in [0.25, 0.3) is 5.69 Å². The number of ether oxygens (including phenoxy) is 1. The van der Waals surface area contributed by atoms with Crippen molar-refractivity contribution in [3.63, 3.8) is 0 Å². The number of carbonyl (C=O) groups excluding carboxylic acids is 1. The highest BCUT2D eigenvalue weighted by atomic mass is 32.2. The van der Waals surface area contributed by atoms with Gasteiger partial charge in [-0.05, 0) is 17.7 Å². The third-order valence-electron chi connectivity index (χ3n) is 2.82. The van der Waals surface area contributed by atoms with Gasteiger partial charge in [-0.3, -0.25) is 14.9 Å². The molecule has 0 aliphatic carbocycles. The molecule has 108 valence electrons. The van der Waals surface area contributed by atoms with Crippen LogP contribution in [0, 0.1) is 10.1 Å². The minimum atomic E-state index is -0.411. The number of nitro benzene ring substituents is 1. The van der Waals surface area contributed by atoms with Crippen molar-refractivity contribution in [3.8, 4) is 0 Å². The van der Waals surface area contributed by atoms with Crippen LogP contribution in [-0.2, 0) is 16.0 Å². The number of benzene rings is 2. The van der Waals surface area contributed by atoms with Crippen LogP contribution in [0.5, 0.6) is 0 Å². The molecule has 0 amide bonds. The molecule has 0 atom stereocenters. The van der Waals surface area contributed by atoms with Crippen molar-refractivity contribution in [2.24, 2.45) is 0 Å². The summed E-state index contributed by atoms with van der Waals surface area (Å²) in [6, 6.07) is 13.8. The SMILES string of the molecule is COC(=O)Cc1ccccc1Sc1ccccc1[N+](=O)[O-]. The Balaban J connectivity index is 2.32. The molecule has 0 unspecified atom stereocenters. The molecule has 0 aromatic heterocycles. The standard InChI is InChI=1S/C15H13NO4S/c1-20-15(17)10-11-6-2-4-8-13(11)21-14-9-5-3-7-12(14)16(18)19/h2-9H,10H2,1H3. The summed E-state index contributed by atoms with van der Waals surface area (Å²) in [5.41, 5.74) is 0.836. The molecule has 21 heavy (non-hydrogen) atoms. The fraction of sp³-hybridized carbons (Fsp3) is 0.133. The molecule has 0 bridgehead atoms. The summed E-state index contributed by atoms with van der Waals surface area (Å²) in [6.45, 7) is 0. The number of carbonyl (C=O) groups is 1. The van der Waals surface area contributed by atoms with Crippen molar-refractivity contribution in [2.75, 3.05) is 7.11 Å². The fourth-order valence-electron chi connectivity index (χ4n) is 1.79. The molecule has 0 aliphatic heterocycles. The smallest absolute Gasteiger partial charge is 0.310 e. The normalized spacial score (nSPS) is 10.1. The predicted molar refractivity (Wildman–Crippen MR) is 79.4 cm³/mol. The lowest BCUT2D eigenvalue weighted by molar-refractivity contribution is -0.387. The summed E-state index contributed by atoms with van der Waals surface area (Å²) in [4.78, 5) is 23.4. The second kappa shape index (κ2) is 6.90. The Morgan fingerprint density at radius 3 is 2.43 bits per heavy atom. The first-order valence-corrected chi connectivity index (χ1v) is 6.99. The molecule has 5 nitrogen and oxygen atoms in total. The molecule has 2 aromatic rings. The van der Waals surface area contributed by atoms with E-state index in [9.17, 15) is 14.9 Å². The number of para-hydroxylation sites is 1. The van der Waals surface area contributed by atoms with Gasteiger partial charge in [0.05, 0.1) is 23.3 Å². The summed E-state index contributed by atoms with van der Waals surface area (Å²) in [6.07, 6.45) is 0.139. The average Bonchev–Trinajstić information content (AvgIpc) is 2.49. The lowest BCUT2D eigenvalue weighted by Crippen LogP contribution is -2.05. The quantitative estimate of drug-likeness (QED) is 0.480. The molecule has 0 saturated carbocycles. The molecule has 0 aliphatic rings. The van der Waals surface area contributed by atoms with Crippen molar-refractivity contribution < 1.29 is 14.5 Å². The van der Waals surface area contributed by atoms with Gasteiger partial charge in [-0.1, -0.05) is 42.1 Å². The summed E-state index contributed by atoms with van der Waals surface area (Å²) < 4.78 is 4.66. The minimum absolute atomic E-state index is 0.0513. The Bertz CT molecular complexity index is 672. The third kappa shape index (κ3) is 3.82. The summed E-state index contributed by atoms with van der Waals surface area (Å²) in [7, 11) is 1.33. The van der Waals surface area contributed by atoms with E-state index in [4.69, 9.17) is 0 Å². The van der Waals surface area contributed by atoms with Gasteiger partial charge < -0.3 is 4.74 Å². The number of methoxy groups -OCH3 is 1. The monoisotopic (exact) mass is 303 g/mol. The first-order valence-electron chi connectivity index (χ1n) is 6.18. The zero-order valence-electron chi connectivity index (χ0n) is 11.3. The Morgan fingerprint density at radius 1 is 1.14 bits per heavy atom. The number of hydrogen-bond donors (Lipinski definition) is 0. The summed E-state index contributed by atoms with van der Waals surface area (Å²) in [5.74, 6) is -0.342. The summed E-state index contributed by atoms with van der Waals surface area (Å²) in [5, 5.41) is 11.0. The molecule has 0 radical (unpaired) electrons. The second-order valence-corrected chi connectivity index (χ2v) is 5.27. The van der Waals surface area contributed by atoms with Gasteiger partial charge in [-0.2, -0.15) is 0 Å². The van der Waals surface area contributed by atoms with E-state index in [1.165, 1.54) is 24.9 Å². The van der Waals surface area contributed by atoms with Crippen LogP contribution in [0.15, 0.2) is 58.3 Å². The lowest BCUT2D eigenvalue weighted by Gasteiger charge is -2.08. The van der Waals surface area contributed by atoms with Crippen LogP contribution in [0.3, 0.4) is 0 Å². The molecule has 2 rings (SSSR count). The van der Waals surface area contributed by atoms with Crippen molar-refractivity contribution in [1.29, 1.82) is 0 Å². The number of hydrogen-bond acceptors (Lipinski definition) is 5. The van der Waals surface area contributed by atoms with E-state index in [-0.39, 0.29) is 18.1 Å². The Labute approximate surface area is 126 Å². The van der Waals surface area contributed by atoms with Crippen LogP contribution in [0.4, 0.5) is 5.69 Å². The van der Waals surface area contributed by atoms with E-state index < -0.39 is 4.92 Å². The van der Waals surface area contributed by atoms with Crippen LogP contribution in [0.2, 0.25) is 0 Å². The van der Waals surface area contributed by atoms with E-state index >= 15 is 0 Å². The van der Waals surface area contributed by atoms with Gasteiger partial charge >= 0.3 is 5.97 Å². The van der Waals surface area contributed by atoms with E-state index in [2.05, 4.69) is 4.74 Å². The predicted octanol–water partition coefficient (Wildman–Crippen LogP) is 3.46. The molecule has 0 saturated heterocycles. The topological polar surface area (TPSA) is 69.4 Å². The zero-order valence-corrected chi connectivity index (χ0v) is 12.1. The van der Waals surface area contributed by atoms with Crippen molar-refractivity contribution >= 4 is 23.4 Å². The van der Waals surface area contributed by atoms with Crippen molar-refractivity contribution in [1.82, 2.24) is 0 Å². The highest BCUT2D eigenvalue weighted by Gasteiger charge is 2.16. The highest BCUT2D eigenvalue weighted by Crippen LogP contribution is 2.36. The molecular formula is C15H13NO4S. The van der Waals surface area contributed by atoms with E-state index in [1.807, 2.05) is 24.3 Å². The molecule has 0 spiro atoms. The van der Waals surface area contributed by atoms with Crippen LogP contribution in [0.25, 0.3) is 0 Å². The zero-order chi connectivity index (χ0) is 15.2. The molecule has 2 aromatic carbocycles. The van der Waals surface area contributed by atoms with Gasteiger partial charge in [-0.15, -0.1) is 0 Å². The van der Waals surface area contributed by atoms with Crippen LogP contribution >= 0.6 is 11.8 Å². The van der Waals surface area contributed by atoms with Gasteiger partial charge in [0, 0.05) is 11.0 Å². The number of nitrogens with zero attached hydrogens (tertiary/aromatic N) is 1.